The van der Waals surface area contributed by atoms with Gasteiger partial charge in [-0.15, -0.1) is 11.3 Å². The van der Waals surface area contributed by atoms with E-state index in [-0.39, 0.29) is 5.91 Å². The molecule has 0 radical (unpaired) electrons. The van der Waals surface area contributed by atoms with Crippen LogP contribution in [-0.4, -0.2) is 19.0 Å². The van der Waals surface area contributed by atoms with Crippen LogP contribution in [0.15, 0.2) is 39.2 Å². The molecule has 150 valence electrons. The van der Waals surface area contributed by atoms with E-state index in [0.717, 1.165) is 45.1 Å². The SMILES string of the molecule is COC(=O)c1c(NC(=O)/C=C/c2cc3cc(Br)ccc3o2)sc2c1CC[C@H](C)C2. The highest BCUT2D eigenvalue weighted by atomic mass is 79.9. The van der Waals surface area contributed by atoms with E-state index < -0.39 is 5.97 Å². The zero-order valence-corrected chi connectivity index (χ0v) is 18.5. The number of fused-ring (bicyclic) bond motifs is 2. The molecule has 2 heterocycles. The molecule has 0 bridgehead atoms. The van der Waals surface area contributed by atoms with Gasteiger partial charge in [0, 0.05) is 20.8 Å². The topological polar surface area (TPSA) is 68.5 Å². The van der Waals surface area contributed by atoms with E-state index in [9.17, 15) is 9.59 Å². The Hall–Kier alpha value is -2.38. The van der Waals surface area contributed by atoms with Gasteiger partial charge in [0.05, 0.1) is 12.7 Å². The quantitative estimate of drug-likeness (QED) is 0.382. The Morgan fingerprint density at radius 3 is 2.97 bits per heavy atom. The van der Waals surface area contributed by atoms with Crippen molar-refractivity contribution in [2.24, 2.45) is 5.92 Å². The number of rotatable bonds is 4. The van der Waals surface area contributed by atoms with Gasteiger partial charge in [-0.1, -0.05) is 22.9 Å². The summed E-state index contributed by atoms with van der Waals surface area (Å²) >= 11 is 4.90. The fraction of sp³-hybridized carbons (Fsp3) is 0.273. The van der Waals surface area contributed by atoms with Gasteiger partial charge < -0.3 is 14.5 Å². The summed E-state index contributed by atoms with van der Waals surface area (Å²) < 4.78 is 11.6. The third kappa shape index (κ3) is 4.16. The van der Waals surface area contributed by atoms with Gasteiger partial charge in [0.1, 0.15) is 16.3 Å². The number of methoxy groups -OCH3 is 1. The molecule has 1 aliphatic carbocycles. The Kier molecular flexibility index (Phi) is 5.61. The van der Waals surface area contributed by atoms with Gasteiger partial charge in [-0.3, -0.25) is 4.79 Å². The number of ether oxygens (including phenoxy) is 1. The highest BCUT2D eigenvalue weighted by molar-refractivity contribution is 9.10. The Balaban J connectivity index is 1.55. The van der Waals surface area contributed by atoms with Gasteiger partial charge in [0.2, 0.25) is 5.91 Å². The number of carbonyl (C=O) groups is 2. The first-order valence-corrected chi connectivity index (χ1v) is 11.0. The highest BCUT2D eigenvalue weighted by Crippen LogP contribution is 2.40. The largest absolute Gasteiger partial charge is 0.465 e. The lowest BCUT2D eigenvalue weighted by atomic mass is 9.88. The molecule has 5 nitrogen and oxygen atoms in total. The molecule has 1 aromatic carbocycles. The van der Waals surface area contributed by atoms with Gasteiger partial charge in [-0.05, 0) is 61.1 Å². The fourth-order valence-electron chi connectivity index (χ4n) is 3.59. The zero-order chi connectivity index (χ0) is 20.5. The van der Waals surface area contributed by atoms with Crippen molar-refractivity contribution in [1.29, 1.82) is 0 Å². The summed E-state index contributed by atoms with van der Waals surface area (Å²) in [7, 11) is 1.36. The number of furan rings is 1. The Bertz CT molecular complexity index is 1130. The van der Waals surface area contributed by atoms with Gasteiger partial charge in [-0.25, -0.2) is 4.79 Å². The molecular weight excluding hydrogens is 454 g/mol. The molecule has 29 heavy (non-hydrogen) atoms. The number of thiophene rings is 1. The van der Waals surface area contributed by atoms with Crippen molar-refractivity contribution in [1.82, 2.24) is 0 Å². The molecule has 1 N–H and O–H groups in total. The zero-order valence-electron chi connectivity index (χ0n) is 16.1. The minimum absolute atomic E-state index is 0.316. The molecule has 0 spiro atoms. The van der Waals surface area contributed by atoms with Crippen LogP contribution in [0.25, 0.3) is 17.0 Å². The first-order valence-electron chi connectivity index (χ1n) is 9.35. The summed E-state index contributed by atoms with van der Waals surface area (Å²) in [5.41, 5.74) is 2.26. The minimum atomic E-state index is -0.404. The van der Waals surface area contributed by atoms with E-state index in [2.05, 4.69) is 28.2 Å². The van der Waals surface area contributed by atoms with E-state index in [0.29, 0.717) is 22.2 Å². The number of nitrogens with one attached hydrogen (secondary N) is 1. The van der Waals surface area contributed by atoms with Crippen LogP contribution < -0.4 is 5.32 Å². The van der Waals surface area contributed by atoms with Crippen LogP contribution in [0.5, 0.6) is 0 Å². The second kappa shape index (κ2) is 8.16. The molecule has 0 fully saturated rings. The number of hydrogen-bond acceptors (Lipinski definition) is 5. The van der Waals surface area contributed by atoms with Crippen LogP contribution in [0.4, 0.5) is 5.00 Å². The van der Waals surface area contributed by atoms with E-state index in [4.69, 9.17) is 9.15 Å². The predicted octanol–water partition coefficient (Wildman–Crippen LogP) is 5.82. The Morgan fingerprint density at radius 2 is 2.17 bits per heavy atom. The molecule has 0 saturated carbocycles. The lowest BCUT2D eigenvalue weighted by Crippen LogP contribution is -2.14. The highest BCUT2D eigenvalue weighted by Gasteiger charge is 2.28. The summed E-state index contributed by atoms with van der Waals surface area (Å²) in [6.07, 6.45) is 5.82. The van der Waals surface area contributed by atoms with Crippen molar-refractivity contribution in [3.8, 4) is 0 Å². The summed E-state index contributed by atoms with van der Waals surface area (Å²) in [4.78, 5) is 26.0. The molecule has 1 amide bonds. The normalized spacial score (nSPS) is 16.2. The summed E-state index contributed by atoms with van der Waals surface area (Å²) in [5.74, 6) is 0.437. The summed E-state index contributed by atoms with van der Waals surface area (Å²) in [5, 5.41) is 4.36. The summed E-state index contributed by atoms with van der Waals surface area (Å²) in [6.45, 7) is 2.20. The molecular formula is C22H20BrNO4S. The van der Waals surface area contributed by atoms with Crippen molar-refractivity contribution in [3.05, 3.63) is 56.6 Å². The second-order valence-corrected chi connectivity index (χ2v) is 9.22. The molecule has 1 aliphatic rings. The van der Waals surface area contributed by atoms with E-state index >= 15 is 0 Å². The maximum absolute atomic E-state index is 12.5. The van der Waals surface area contributed by atoms with Gasteiger partial charge >= 0.3 is 5.97 Å². The van der Waals surface area contributed by atoms with Crippen LogP contribution in [0.3, 0.4) is 0 Å². The third-order valence-corrected chi connectivity index (χ3v) is 6.70. The lowest BCUT2D eigenvalue weighted by molar-refractivity contribution is -0.111. The van der Waals surface area contributed by atoms with Crippen molar-refractivity contribution in [3.63, 3.8) is 0 Å². The van der Waals surface area contributed by atoms with Crippen molar-refractivity contribution in [2.75, 3.05) is 12.4 Å². The van der Waals surface area contributed by atoms with Crippen molar-refractivity contribution in [2.45, 2.75) is 26.2 Å². The molecule has 4 rings (SSSR count). The fourth-order valence-corrected chi connectivity index (χ4v) is 5.37. The minimum Gasteiger partial charge on any atom is -0.465 e. The number of amides is 1. The first kappa shape index (κ1) is 19.9. The van der Waals surface area contributed by atoms with Gasteiger partial charge in [0.25, 0.3) is 0 Å². The van der Waals surface area contributed by atoms with Gasteiger partial charge in [0.15, 0.2) is 0 Å². The maximum atomic E-state index is 12.5. The van der Waals surface area contributed by atoms with Crippen LogP contribution >= 0.6 is 27.3 Å². The first-order chi connectivity index (χ1) is 13.9. The molecule has 3 aromatic rings. The van der Waals surface area contributed by atoms with Crippen molar-refractivity contribution < 1.29 is 18.7 Å². The molecule has 2 aromatic heterocycles. The molecule has 0 aliphatic heterocycles. The van der Waals surface area contributed by atoms with Crippen molar-refractivity contribution >= 4 is 61.2 Å². The smallest absolute Gasteiger partial charge is 0.341 e. The van der Waals surface area contributed by atoms with Gasteiger partial charge in [-0.2, -0.15) is 0 Å². The Labute approximate surface area is 180 Å². The standard InChI is InChI=1S/C22H20BrNO4S/c1-12-3-6-16-18(9-12)29-21(20(16)22(26)27-2)24-19(25)8-5-15-11-13-10-14(23)4-7-17(13)28-15/h4-5,7-8,10-12H,3,6,9H2,1-2H3,(H,24,25)/b8-5+/t12-/m0/s1. The number of carbonyl (C=O) groups excluding carboxylic acids is 2. The number of esters is 1. The number of hydrogen-bond donors (Lipinski definition) is 1. The number of benzene rings is 1. The van der Waals surface area contributed by atoms with Crippen LogP contribution in [-0.2, 0) is 22.4 Å². The molecule has 7 heteroatoms. The number of anilines is 1. The monoisotopic (exact) mass is 473 g/mol. The van der Waals surface area contributed by atoms with E-state index in [1.54, 1.807) is 6.08 Å². The average molecular weight is 474 g/mol. The number of halogens is 1. The van der Waals surface area contributed by atoms with Crippen LogP contribution in [0, 0.1) is 5.92 Å². The molecule has 0 unspecified atom stereocenters. The molecule has 0 saturated heterocycles. The van der Waals surface area contributed by atoms with E-state index in [1.165, 1.54) is 24.5 Å². The predicted molar refractivity (Wildman–Crippen MR) is 118 cm³/mol. The maximum Gasteiger partial charge on any atom is 0.341 e. The second-order valence-electron chi connectivity index (χ2n) is 7.20. The van der Waals surface area contributed by atoms with Crippen LogP contribution in [0.2, 0.25) is 0 Å². The summed E-state index contributed by atoms with van der Waals surface area (Å²) in [6, 6.07) is 7.60. The van der Waals surface area contributed by atoms with E-state index in [1.807, 2.05) is 24.3 Å². The molecule has 1 atom stereocenters. The lowest BCUT2D eigenvalue weighted by Gasteiger charge is -2.18. The third-order valence-electron chi connectivity index (χ3n) is 5.03. The van der Waals surface area contributed by atoms with Crippen LogP contribution in [0.1, 0.15) is 39.9 Å². The average Bonchev–Trinajstić information content (AvgIpc) is 3.25. The Morgan fingerprint density at radius 1 is 1.34 bits per heavy atom.